The number of carbonyl (C=O) groups is 1. The van der Waals surface area contributed by atoms with Crippen molar-refractivity contribution < 1.29 is 4.79 Å². The molecule has 0 saturated heterocycles. The van der Waals surface area contributed by atoms with Gasteiger partial charge in [-0.1, -0.05) is 98.0 Å². The first-order valence-corrected chi connectivity index (χ1v) is 11.2. The highest BCUT2D eigenvalue weighted by atomic mass is 32.2. The fraction of sp³-hybridized carbons (Fsp3) is 0.261. The van der Waals surface area contributed by atoms with Crippen molar-refractivity contribution in [3.8, 4) is 0 Å². The lowest BCUT2D eigenvalue weighted by Crippen LogP contribution is -2.10. The SMILES string of the molecule is Cc1ccc(CSc2nnc(NC(=O)C=Cc3ccc(C(C)(C)C)cc3)s2)cc1. The van der Waals surface area contributed by atoms with Crippen molar-refractivity contribution in [1.29, 1.82) is 0 Å². The monoisotopic (exact) mass is 423 g/mol. The van der Waals surface area contributed by atoms with E-state index in [9.17, 15) is 4.79 Å². The van der Waals surface area contributed by atoms with Gasteiger partial charge in [0.05, 0.1) is 0 Å². The van der Waals surface area contributed by atoms with Crippen LogP contribution in [0.15, 0.2) is 58.9 Å². The molecule has 0 aliphatic heterocycles. The van der Waals surface area contributed by atoms with E-state index in [2.05, 4.69) is 79.6 Å². The van der Waals surface area contributed by atoms with E-state index in [4.69, 9.17) is 0 Å². The Kier molecular flexibility index (Phi) is 6.87. The molecule has 0 saturated carbocycles. The maximum Gasteiger partial charge on any atom is 0.250 e. The molecule has 3 rings (SSSR count). The van der Waals surface area contributed by atoms with Gasteiger partial charge >= 0.3 is 0 Å². The van der Waals surface area contributed by atoms with Crippen LogP contribution in [0.2, 0.25) is 0 Å². The van der Waals surface area contributed by atoms with Gasteiger partial charge in [-0.05, 0) is 35.1 Å². The summed E-state index contributed by atoms with van der Waals surface area (Å²) in [6.45, 7) is 8.62. The number of benzene rings is 2. The van der Waals surface area contributed by atoms with Crippen molar-refractivity contribution in [2.75, 3.05) is 5.32 Å². The molecule has 150 valence electrons. The zero-order valence-electron chi connectivity index (χ0n) is 17.1. The second-order valence-electron chi connectivity index (χ2n) is 7.84. The molecular formula is C23H25N3OS2. The second kappa shape index (κ2) is 9.37. The van der Waals surface area contributed by atoms with Crippen molar-refractivity contribution >= 4 is 40.2 Å². The molecule has 0 aliphatic carbocycles. The van der Waals surface area contributed by atoms with Crippen LogP contribution in [0, 0.1) is 6.92 Å². The van der Waals surface area contributed by atoms with Crippen molar-refractivity contribution in [3.63, 3.8) is 0 Å². The van der Waals surface area contributed by atoms with Gasteiger partial charge < -0.3 is 0 Å². The van der Waals surface area contributed by atoms with Gasteiger partial charge in [-0.15, -0.1) is 10.2 Å². The van der Waals surface area contributed by atoms with Crippen LogP contribution in [0.4, 0.5) is 5.13 Å². The van der Waals surface area contributed by atoms with Gasteiger partial charge in [-0.25, -0.2) is 0 Å². The lowest BCUT2D eigenvalue weighted by molar-refractivity contribution is -0.111. The second-order valence-corrected chi connectivity index (χ2v) is 10.0. The van der Waals surface area contributed by atoms with Crippen molar-refractivity contribution in [3.05, 3.63) is 76.9 Å². The average molecular weight is 424 g/mol. The number of carbonyl (C=O) groups excluding carboxylic acids is 1. The van der Waals surface area contributed by atoms with Crippen LogP contribution in [-0.4, -0.2) is 16.1 Å². The zero-order chi connectivity index (χ0) is 20.9. The lowest BCUT2D eigenvalue weighted by Gasteiger charge is -2.18. The Morgan fingerprint density at radius 2 is 1.76 bits per heavy atom. The van der Waals surface area contributed by atoms with Crippen LogP contribution in [0.1, 0.15) is 43.0 Å². The number of rotatable bonds is 6. The third kappa shape index (κ3) is 6.54. The summed E-state index contributed by atoms with van der Waals surface area (Å²) < 4.78 is 0.836. The first kappa shape index (κ1) is 21.3. The maximum atomic E-state index is 12.2. The Bertz CT molecular complexity index is 984. The average Bonchev–Trinajstić information content (AvgIpc) is 3.13. The predicted molar refractivity (Wildman–Crippen MR) is 123 cm³/mol. The van der Waals surface area contributed by atoms with Crippen molar-refractivity contribution in [2.45, 2.75) is 43.2 Å². The molecule has 4 nitrogen and oxygen atoms in total. The summed E-state index contributed by atoms with van der Waals surface area (Å²) >= 11 is 3.00. The Labute approximate surface area is 180 Å². The van der Waals surface area contributed by atoms with Gasteiger partial charge in [0.25, 0.3) is 0 Å². The number of aryl methyl sites for hydroxylation is 1. The predicted octanol–water partition coefficient (Wildman–Crippen LogP) is 6.09. The van der Waals surface area contributed by atoms with Crippen LogP contribution in [-0.2, 0) is 16.0 Å². The van der Waals surface area contributed by atoms with E-state index in [0.717, 1.165) is 15.7 Å². The summed E-state index contributed by atoms with van der Waals surface area (Å²) in [5, 5.41) is 11.5. The molecular weight excluding hydrogens is 398 g/mol. The molecule has 3 aromatic rings. The van der Waals surface area contributed by atoms with Crippen LogP contribution >= 0.6 is 23.1 Å². The normalized spacial score (nSPS) is 11.7. The number of hydrogen-bond donors (Lipinski definition) is 1. The molecule has 0 atom stereocenters. The number of anilines is 1. The minimum atomic E-state index is -0.212. The van der Waals surface area contributed by atoms with Crippen molar-refractivity contribution in [2.24, 2.45) is 0 Å². The molecule has 0 unspecified atom stereocenters. The van der Waals surface area contributed by atoms with E-state index in [1.165, 1.54) is 34.1 Å². The quantitative estimate of drug-likeness (QED) is 0.296. The smallest absolute Gasteiger partial charge is 0.250 e. The van der Waals surface area contributed by atoms with Gasteiger partial charge in [0.15, 0.2) is 4.34 Å². The van der Waals surface area contributed by atoms with Gasteiger partial charge in [0, 0.05) is 11.8 Å². The third-order valence-corrected chi connectivity index (χ3v) is 6.37. The number of aromatic nitrogens is 2. The molecule has 0 fully saturated rings. The Morgan fingerprint density at radius 1 is 1.07 bits per heavy atom. The minimum Gasteiger partial charge on any atom is -0.297 e. The third-order valence-electron chi connectivity index (χ3n) is 4.32. The van der Waals surface area contributed by atoms with Gasteiger partial charge in [-0.3, -0.25) is 10.1 Å². The van der Waals surface area contributed by atoms with E-state index < -0.39 is 0 Å². The van der Waals surface area contributed by atoms with E-state index in [0.29, 0.717) is 5.13 Å². The minimum absolute atomic E-state index is 0.118. The molecule has 1 amide bonds. The molecule has 29 heavy (non-hydrogen) atoms. The van der Waals surface area contributed by atoms with Crippen LogP contribution in [0.3, 0.4) is 0 Å². The highest BCUT2D eigenvalue weighted by Gasteiger charge is 2.12. The Hall–Kier alpha value is -2.44. The molecule has 1 heterocycles. The number of nitrogens with one attached hydrogen (secondary N) is 1. The lowest BCUT2D eigenvalue weighted by atomic mass is 9.87. The molecule has 1 aromatic heterocycles. The largest absolute Gasteiger partial charge is 0.297 e. The fourth-order valence-electron chi connectivity index (χ4n) is 2.56. The maximum absolute atomic E-state index is 12.2. The molecule has 2 aromatic carbocycles. The van der Waals surface area contributed by atoms with Crippen LogP contribution in [0.25, 0.3) is 6.08 Å². The molecule has 0 spiro atoms. The Balaban J connectivity index is 1.51. The van der Waals surface area contributed by atoms with Gasteiger partial charge in [0.1, 0.15) is 0 Å². The fourth-order valence-corrected chi connectivity index (χ4v) is 4.27. The summed E-state index contributed by atoms with van der Waals surface area (Å²) in [4.78, 5) is 12.2. The summed E-state index contributed by atoms with van der Waals surface area (Å²) in [6, 6.07) is 16.7. The topological polar surface area (TPSA) is 54.9 Å². The van der Waals surface area contributed by atoms with Gasteiger partial charge in [0.2, 0.25) is 11.0 Å². The number of nitrogens with zero attached hydrogens (tertiary/aromatic N) is 2. The standard InChI is InChI=1S/C23H25N3OS2/c1-16-5-7-18(8-6-16)15-28-22-26-25-21(29-22)24-20(27)14-11-17-9-12-19(13-10-17)23(2,3)4/h5-14H,15H2,1-4H3,(H,24,25,27). The zero-order valence-corrected chi connectivity index (χ0v) is 18.7. The van der Waals surface area contributed by atoms with Gasteiger partial charge in [-0.2, -0.15) is 0 Å². The number of thioether (sulfide) groups is 1. The molecule has 0 aliphatic rings. The number of hydrogen-bond acceptors (Lipinski definition) is 5. The molecule has 1 N–H and O–H groups in total. The summed E-state index contributed by atoms with van der Waals surface area (Å²) in [6.07, 6.45) is 3.32. The van der Waals surface area contributed by atoms with Crippen LogP contribution < -0.4 is 5.32 Å². The molecule has 0 radical (unpaired) electrons. The summed E-state index contributed by atoms with van der Waals surface area (Å²) in [5.41, 5.74) is 4.86. The summed E-state index contributed by atoms with van der Waals surface area (Å²) in [7, 11) is 0. The highest BCUT2D eigenvalue weighted by Crippen LogP contribution is 2.28. The van der Waals surface area contributed by atoms with E-state index in [1.807, 2.05) is 12.1 Å². The van der Waals surface area contributed by atoms with Crippen molar-refractivity contribution in [1.82, 2.24) is 10.2 Å². The Morgan fingerprint density at radius 3 is 2.41 bits per heavy atom. The van der Waals surface area contributed by atoms with Crippen LogP contribution in [0.5, 0.6) is 0 Å². The first-order valence-electron chi connectivity index (χ1n) is 9.41. The van der Waals surface area contributed by atoms with E-state index in [1.54, 1.807) is 17.8 Å². The highest BCUT2D eigenvalue weighted by molar-refractivity contribution is 8.00. The van der Waals surface area contributed by atoms with E-state index >= 15 is 0 Å². The van der Waals surface area contributed by atoms with E-state index in [-0.39, 0.29) is 11.3 Å². The molecule has 0 bridgehead atoms. The first-order chi connectivity index (χ1) is 13.8. The molecule has 6 heteroatoms. The summed E-state index contributed by atoms with van der Waals surface area (Å²) in [5.74, 6) is 0.615. The number of amides is 1.